The van der Waals surface area contributed by atoms with E-state index >= 15 is 0 Å². The van der Waals surface area contributed by atoms with Crippen LogP contribution in [0.15, 0.2) is 40.9 Å². The first-order chi connectivity index (χ1) is 8.63. The predicted octanol–water partition coefficient (Wildman–Crippen LogP) is 4.96. The van der Waals surface area contributed by atoms with Gasteiger partial charge in [0.1, 0.15) is 5.01 Å². The monoisotopic (exact) mass is 338 g/mol. The fraction of sp³-hybridized carbons (Fsp3) is 0. The number of fused-ring (bicyclic) bond motifs is 1. The lowest BCUT2D eigenvalue weighted by molar-refractivity contribution is 1.47. The second kappa shape index (κ2) is 4.53. The molecule has 1 aromatic heterocycles. The van der Waals surface area contributed by atoms with Crippen molar-refractivity contribution in [3.05, 3.63) is 45.9 Å². The molecule has 3 rings (SSSR count). The van der Waals surface area contributed by atoms with Crippen LogP contribution in [0.2, 0.25) is 5.02 Å². The minimum Gasteiger partial charge on any atom is -0.399 e. The quantitative estimate of drug-likeness (QED) is 0.636. The normalized spacial score (nSPS) is 11.0. The minimum atomic E-state index is 0.633. The molecular formula is C13H8BrClN2S. The van der Waals surface area contributed by atoms with Gasteiger partial charge in [-0.3, -0.25) is 0 Å². The van der Waals surface area contributed by atoms with Crippen molar-refractivity contribution in [2.24, 2.45) is 0 Å². The lowest BCUT2D eigenvalue weighted by Gasteiger charge is -2.00. The molecule has 2 nitrogen and oxygen atoms in total. The molecule has 0 radical (unpaired) electrons. The number of anilines is 1. The Balaban J connectivity index is 2.19. The summed E-state index contributed by atoms with van der Waals surface area (Å²) in [7, 11) is 0. The molecule has 2 aromatic carbocycles. The highest BCUT2D eigenvalue weighted by Crippen LogP contribution is 2.35. The average Bonchev–Trinajstić information content (AvgIpc) is 2.71. The predicted molar refractivity (Wildman–Crippen MR) is 82.2 cm³/mol. The van der Waals surface area contributed by atoms with Gasteiger partial charge in [-0.2, -0.15) is 0 Å². The van der Waals surface area contributed by atoms with Crippen LogP contribution >= 0.6 is 38.9 Å². The zero-order chi connectivity index (χ0) is 12.7. The van der Waals surface area contributed by atoms with E-state index < -0.39 is 0 Å². The van der Waals surface area contributed by atoms with Crippen molar-refractivity contribution in [2.45, 2.75) is 0 Å². The molecule has 0 saturated heterocycles. The van der Waals surface area contributed by atoms with Crippen molar-refractivity contribution in [3.63, 3.8) is 0 Å². The number of nitrogens with two attached hydrogens (primary N) is 1. The molecule has 1 heterocycles. The Kier molecular flexibility index (Phi) is 3.01. The smallest absolute Gasteiger partial charge is 0.126 e. The molecule has 0 spiro atoms. The fourth-order valence-corrected chi connectivity index (χ4v) is 3.39. The third kappa shape index (κ3) is 2.11. The molecule has 90 valence electrons. The van der Waals surface area contributed by atoms with Gasteiger partial charge in [0.25, 0.3) is 0 Å². The van der Waals surface area contributed by atoms with E-state index in [2.05, 4.69) is 20.9 Å². The molecule has 0 fully saturated rings. The SMILES string of the molecule is Nc1ccc(-c2nc3cc(Br)ccc3s2)c(Cl)c1. The van der Waals surface area contributed by atoms with E-state index in [9.17, 15) is 0 Å². The molecule has 0 aliphatic rings. The zero-order valence-corrected chi connectivity index (χ0v) is 12.3. The van der Waals surface area contributed by atoms with E-state index in [1.54, 1.807) is 17.4 Å². The summed E-state index contributed by atoms with van der Waals surface area (Å²) in [4.78, 5) is 4.60. The van der Waals surface area contributed by atoms with Gasteiger partial charge in [0.05, 0.1) is 15.2 Å². The summed E-state index contributed by atoms with van der Waals surface area (Å²) in [6, 6.07) is 11.5. The number of benzene rings is 2. The van der Waals surface area contributed by atoms with E-state index in [-0.39, 0.29) is 0 Å². The molecule has 0 bridgehead atoms. The van der Waals surface area contributed by atoms with Gasteiger partial charge in [0.2, 0.25) is 0 Å². The van der Waals surface area contributed by atoms with Gasteiger partial charge >= 0.3 is 0 Å². The van der Waals surface area contributed by atoms with E-state index in [1.807, 2.05) is 30.3 Å². The molecule has 18 heavy (non-hydrogen) atoms. The Morgan fingerprint density at radius 3 is 2.78 bits per heavy atom. The second-order valence-corrected chi connectivity index (χ2v) is 6.22. The van der Waals surface area contributed by atoms with Crippen molar-refractivity contribution < 1.29 is 0 Å². The molecular weight excluding hydrogens is 332 g/mol. The van der Waals surface area contributed by atoms with Crippen LogP contribution in [-0.2, 0) is 0 Å². The molecule has 0 amide bonds. The highest BCUT2D eigenvalue weighted by Gasteiger charge is 2.10. The van der Waals surface area contributed by atoms with Crippen molar-refractivity contribution in [3.8, 4) is 10.6 Å². The topological polar surface area (TPSA) is 38.9 Å². The molecule has 0 atom stereocenters. The van der Waals surface area contributed by atoms with E-state index in [1.165, 1.54) is 0 Å². The third-order valence-corrected chi connectivity index (χ3v) is 4.45. The first-order valence-electron chi connectivity index (χ1n) is 5.25. The number of aromatic nitrogens is 1. The number of hydrogen-bond donors (Lipinski definition) is 1. The molecule has 0 aliphatic carbocycles. The number of nitrogens with zero attached hydrogens (tertiary/aromatic N) is 1. The van der Waals surface area contributed by atoms with E-state index in [4.69, 9.17) is 17.3 Å². The van der Waals surface area contributed by atoms with Crippen LogP contribution in [0.4, 0.5) is 5.69 Å². The van der Waals surface area contributed by atoms with Gasteiger partial charge < -0.3 is 5.73 Å². The van der Waals surface area contributed by atoms with Gasteiger partial charge in [-0.1, -0.05) is 27.5 Å². The maximum absolute atomic E-state index is 6.20. The molecule has 0 aliphatic heterocycles. The molecule has 0 unspecified atom stereocenters. The number of thiazole rings is 1. The number of halogens is 2. The van der Waals surface area contributed by atoms with E-state index in [0.29, 0.717) is 10.7 Å². The van der Waals surface area contributed by atoms with Gasteiger partial charge in [0, 0.05) is 15.7 Å². The number of hydrogen-bond acceptors (Lipinski definition) is 3. The Labute approximate surface area is 122 Å². The standard InChI is InChI=1S/C13H8BrClN2S/c14-7-1-4-12-11(5-7)17-13(18-12)9-3-2-8(16)6-10(9)15/h1-6H,16H2. The average molecular weight is 340 g/mol. The summed E-state index contributed by atoms with van der Waals surface area (Å²) in [5.74, 6) is 0. The van der Waals surface area contributed by atoms with Crippen LogP contribution in [0, 0.1) is 0 Å². The summed E-state index contributed by atoms with van der Waals surface area (Å²) >= 11 is 11.3. The molecule has 0 saturated carbocycles. The second-order valence-electron chi connectivity index (χ2n) is 3.87. The maximum Gasteiger partial charge on any atom is 0.126 e. The van der Waals surface area contributed by atoms with Gasteiger partial charge in [0.15, 0.2) is 0 Å². The Morgan fingerprint density at radius 2 is 2.00 bits per heavy atom. The van der Waals surface area contributed by atoms with Gasteiger partial charge in [-0.05, 0) is 36.4 Å². The molecule has 3 aromatic rings. The number of nitrogen functional groups attached to an aromatic ring is 1. The summed E-state index contributed by atoms with van der Waals surface area (Å²) < 4.78 is 2.16. The Bertz CT molecular complexity index is 739. The first kappa shape index (κ1) is 12.0. The third-order valence-electron chi connectivity index (χ3n) is 2.57. The molecule has 5 heteroatoms. The summed E-state index contributed by atoms with van der Waals surface area (Å²) in [6.45, 7) is 0. The maximum atomic E-state index is 6.20. The lowest BCUT2D eigenvalue weighted by atomic mass is 10.2. The lowest BCUT2D eigenvalue weighted by Crippen LogP contribution is -1.85. The van der Waals surface area contributed by atoms with Crippen molar-refractivity contribution in [2.75, 3.05) is 5.73 Å². The number of rotatable bonds is 1. The zero-order valence-electron chi connectivity index (χ0n) is 9.15. The van der Waals surface area contributed by atoms with Crippen LogP contribution in [0.25, 0.3) is 20.8 Å². The summed E-state index contributed by atoms with van der Waals surface area (Å²) in [5.41, 5.74) is 8.24. The summed E-state index contributed by atoms with van der Waals surface area (Å²) in [5, 5.41) is 1.54. The van der Waals surface area contributed by atoms with Crippen LogP contribution in [0.5, 0.6) is 0 Å². The Hall–Kier alpha value is -1.10. The van der Waals surface area contributed by atoms with Crippen molar-refractivity contribution >= 4 is 54.8 Å². The highest BCUT2D eigenvalue weighted by molar-refractivity contribution is 9.10. The van der Waals surface area contributed by atoms with E-state index in [0.717, 1.165) is 25.3 Å². The van der Waals surface area contributed by atoms with Crippen molar-refractivity contribution in [1.29, 1.82) is 0 Å². The van der Waals surface area contributed by atoms with Crippen LogP contribution < -0.4 is 5.73 Å². The minimum absolute atomic E-state index is 0.633. The fourth-order valence-electron chi connectivity index (χ4n) is 1.72. The first-order valence-corrected chi connectivity index (χ1v) is 7.24. The van der Waals surface area contributed by atoms with Gasteiger partial charge in [-0.25, -0.2) is 4.98 Å². The largest absolute Gasteiger partial charge is 0.399 e. The van der Waals surface area contributed by atoms with Crippen molar-refractivity contribution in [1.82, 2.24) is 4.98 Å². The van der Waals surface area contributed by atoms with Crippen LogP contribution in [0.3, 0.4) is 0 Å². The van der Waals surface area contributed by atoms with Gasteiger partial charge in [-0.15, -0.1) is 11.3 Å². The Morgan fingerprint density at radius 1 is 1.17 bits per heavy atom. The molecule has 2 N–H and O–H groups in total. The summed E-state index contributed by atoms with van der Waals surface area (Å²) in [6.07, 6.45) is 0. The van der Waals surface area contributed by atoms with Crippen LogP contribution in [0.1, 0.15) is 0 Å². The highest BCUT2D eigenvalue weighted by atomic mass is 79.9. The van der Waals surface area contributed by atoms with Crippen LogP contribution in [-0.4, -0.2) is 4.98 Å².